The second-order valence-corrected chi connectivity index (χ2v) is 9.18. The van der Waals surface area contributed by atoms with Crippen LogP contribution in [-0.4, -0.2) is 24.9 Å². The number of oxime groups is 1. The molecule has 0 aromatic heterocycles. The first-order valence-electron chi connectivity index (χ1n) is 8.18. The maximum absolute atomic E-state index is 14.0. The molecule has 3 rings (SSSR count). The highest BCUT2D eigenvalue weighted by atomic mass is 35.5. The number of halogens is 5. The molecule has 0 aliphatic carbocycles. The summed E-state index contributed by atoms with van der Waals surface area (Å²) in [6.07, 6.45) is -5.44. The van der Waals surface area contributed by atoms with Gasteiger partial charge in [-0.15, -0.1) is 0 Å². The summed E-state index contributed by atoms with van der Waals surface area (Å²) in [6, 6.07) is 9.16. The Morgan fingerprint density at radius 3 is 2.17 bits per heavy atom. The Kier molecular flexibility index (Phi) is 5.63. The van der Waals surface area contributed by atoms with Gasteiger partial charge >= 0.3 is 6.18 Å². The molecule has 156 valence electrons. The summed E-state index contributed by atoms with van der Waals surface area (Å²) in [5, 5.41) is 2.50. The quantitative estimate of drug-likeness (QED) is 0.600. The predicted molar refractivity (Wildman–Crippen MR) is 103 cm³/mol. The van der Waals surface area contributed by atoms with Gasteiger partial charge in [-0.1, -0.05) is 52.6 Å². The van der Waals surface area contributed by atoms with E-state index in [9.17, 15) is 21.6 Å². The molecule has 0 saturated heterocycles. The van der Waals surface area contributed by atoms with Crippen LogP contribution < -0.4 is 0 Å². The molecule has 2 aromatic carbocycles. The zero-order chi connectivity index (χ0) is 21.6. The van der Waals surface area contributed by atoms with E-state index >= 15 is 0 Å². The topological polar surface area (TPSA) is 76.0 Å². The van der Waals surface area contributed by atoms with Crippen molar-refractivity contribution in [2.75, 3.05) is 0 Å². The number of rotatable bonds is 4. The van der Waals surface area contributed by atoms with Crippen molar-refractivity contribution >= 4 is 39.0 Å². The minimum absolute atomic E-state index is 0.0180. The molecule has 2 atom stereocenters. The van der Waals surface area contributed by atoms with Gasteiger partial charge in [0, 0.05) is 22.0 Å². The number of nitrogens with zero attached hydrogens (tertiary/aromatic N) is 1. The van der Waals surface area contributed by atoms with Gasteiger partial charge in [-0.05, 0) is 36.2 Å². The molecule has 1 heterocycles. The molecular formula is C18H14Cl2F3NO4S. The van der Waals surface area contributed by atoms with Gasteiger partial charge in [0.1, 0.15) is 5.25 Å². The molecule has 0 saturated carbocycles. The lowest BCUT2D eigenvalue weighted by molar-refractivity contribution is -0.275. The van der Waals surface area contributed by atoms with Crippen LogP contribution in [0.25, 0.3) is 0 Å². The summed E-state index contributed by atoms with van der Waals surface area (Å²) in [5.41, 5.74) is -2.42. The van der Waals surface area contributed by atoms with E-state index in [-0.39, 0.29) is 26.9 Å². The van der Waals surface area contributed by atoms with Gasteiger partial charge in [0.25, 0.3) is 15.7 Å². The number of benzene rings is 2. The van der Waals surface area contributed by atoms with E-state index < -0.39 is 33.6 Å². The zero-order valence-corrected chi connectivity index (χ0v) is 17.1. The first-order chi connectivity index (χ1) is 13.3. The third-order valence-electron chi connectivity index (χ3n) is 4.67. The van der Waals surface area contributed by atoms with Gasteiger partial charge in [-0.3, -0.25) is 4.55 Å². The van der Waals surface area contributed by atoms with Gasteiger partial charge in [0.05, 0.1) is 5.71 Å². The van der Waals surface area contributed by atoms with Crippen molar-refractivity contribution < 1.29 is 31.0 Å². The molecule has 5 nitrogen and oxygen atoms in total. The summed E-state index contributed by atoms with van der Waals surface area (Å²) in [4.78, 5) is 4.91. The molecule has 0 radical (unpaired) electrons. The van der Waals surface area contributed by atoms with Gasteiger partial charge in [0.15, 0.2) is 0 Å². The summed E-state index contributed by atoms with van der Waals surface area (Å²) in [5.74, 6) is 0. The summed E-state index contributed by atoms with van der Waals surface area (Å²) in [6.45, 7) is 1.29. The normalized spacial score (nSPS) is 20.9. The molecular weight excluding hydrogens is 454 g/mol. The van der Waals surface area contributed by atoms with Gasteiger partial charge < -0.3 is 4.84 Å². The zero-order valence-electron chi connectivity index (χ0n) is 14.7. The average molecular weight is 468 g/mol. The molecule has 1 aliphatic heterocycles. The van der Waals surface area contributed by atoms with E-state index in [1.807, 2.05) is 0 Å². The van der Waals surface area contributed by atoms with Crippen LogP contribution in [0.3, 0.4) is 0 Å². The number of hydrogen-bond acceptors (Lipinski definition) is 4. The minimum Gasteiger partial charge on any atom is -0.374 e. The van der Waals surface area contributed by atoms with Gasteiger partial charge in [-0.25, -0.2) is 0 Å². The van der Waals surface area contributed by atoms with Crippen molar-refractivity contribution in [1.82, 2.24) is 0 Å². The second kappa shape index (κ2) is 7.46. The van der Waals surface area contributed by atoms with Crippen LogP contribution in [0.1, 0.15) is 35.3 Å². The van der Waals surface area contributed by atoms with Crippen LogP contribution in [0.5, 0.6) is 0 Å². The van der Waals surface area contributed by atoms with Crippen molar-refractivity contribution in [2.45, 2.75) is 30.4 Å². The highest BCUT2D eigenvalue weighted by molar-refractivity contribution is 7.86. The van der Waals surface area contributed by atoms with E-state index in [1.165, 1.54) is 37.3 Å². The van der Waals surface area contributed by atoms with Gasteiger partial charge in [0.2, 0.25) is 0 Å². The van der Waals surface area contributed by atoms with Crippen molar-refractivity contribution in [2.24, 2.45) is 5.16 Å². The van der Waals surface area contributed by atoms with Crippen molar-refractivity contribution in [3.63, 3.8) is 0 Å². The largest absolute Gasteiger partial charge is 0.435 e. The Morgan fingerprint density at radius 2 is 1.69 bits per heavy atom. The maximum atomic E-state index is 14.0. The van der Waals surface area contributed by atoms with E-state index in [0.29, 0.717) is 5.56 Å². The van der Waals surface area contributed by atoms with Crippen molar-refractivity contribution in [1.29, 1.82) is 0 Å². The fourth-order valence-electron chi connectivity index (χ4n) is 2.96. The lowest BCUT2D eigenvalue weighted by atomic mass is 9.86. The molecule has 0 spiro atoms. The number of hydrogen-bond donors (Lipinski definition) is 1. The van der Waals surface area contributed by atoms with E-state index in [2.05, 4.69) is 5.16 Å². The maximum Gasteiger partial charge on any atom is 0.435 e. The average Bonchev–Trinajstić information content (AvgIpc) is 3.06. The Morgan fingerprint density at radius 1 is 1.14 bits per heavy atom. The molecule has 0 fully saturated rings. The SMILES string of the molecule is CC(c1ccc(C2=NOC(c3cc(Cl)cc(Cl)c3)(C(F)(F)F)C2)cc1)S(=O)(=O)O. The first kappa shape index (κ1) is 21.9. The smallest absolute Gasteiger partial charge is 0.374 e. The fraction of sp³-hybridized carbons (Fsp3) is 0.278. The summed E-state index contributed by atoms with van der Waals surface area (Å²) < 4.78 is 73.6. The van der Waals surface area contributed by atoms with Crippen molar-refractivity contribution in [3.8, 4) is 0 Å². The Balaban J connectivity index is 1.95. The summed E-state index contributed by atoms with van der Waals surface area (Å²) in [7, 11) is -4.30. The van der Waals surface area contributed by atoms with Crippen LogP contribution in [-0.2, 0) is 20.6 Å². The minimum atomic E-state index is -4.81. The van der Waals surface area contributed by atoms with Crippen LogP contribution >= 0.6 is 23.2 Å². The fourth-order valence-corrected chi connectivity index (χ4v) is 3.99. The van der Waals surface area contributed by atoms with Crippen LogP contribution in [0.4, 0.5) is 13.2 Å². The standard InChI is InChI=1S/C18H14Cl2F3NO4S/c1-10(29(25,26)27)11-2-4-12(5-3-11)16-9-17(28-24-16,18(21,22)23)13-6-14(19)8-15(20)7-13/h2-8,10H,9H2,1H3,(H,25,26,27). The molecule has 0 amide bonds. The third-order valence-corrected chi connectivity index (χ3v) is 6.28. The monoisotopic (exact) mass is 467 g/mol. The van der Waals surface area contributed by atoms with Crippen LogP contribution in [0.15, 0.2) is 47.6 Å². The molecule has 2 unspecified atom stereocenters. The van der Waals surface area contributed by atoms with E-state index in [0.717, 1.165) is 12.1 Å². The van der Waals surface area contributed by atoms with Crippen molar-refractivity contribution in [3.05, 3.63) is 69.2 Å². The van der Waals surface area contributed by atoms with Crippen LogP contribution in [0, 0.1) is 0 Å². The number of alkyl halides is 3. The Labute approximate surface area is 174 Å². The van der Waals surface area contributed by atoms with Crippen LogP contribution in [0.2, 0.25) is 10.0 Å². The van der Waals surface area contributed by atoms with E-state index in [1.54, 1.807) is 0 Å². The first-order valence-corrected chi connectivity index (χ1v) is 10.4. The highest BCUT2D eigenvalue weighted by Crippen LogP contribution is 2.49. The molecule has 1 N–H and O–H groups in total. The molecule has 0 bridgehead atoms. The lowest BCUT2D eigenvalue weighted by Gasteiger charge is -2.29. The molecule has 2 aromatic rings. The van der Waals surface area contributed by atoms with Gasteiger partial charge in [-0.2, -0.15) is 21.6 Å². The highest BCUT2D eigenvalue weighted by Gasteiger charge is 2.62. The molecule has 11 heteroatoms. The Hall–Kier alpha value is -1.81. The molecule has 29 heavy (non-hydrogen) atoms. The summed E-state index contributed by atoms with van der Waals surface area (Å²) >= 11 is 11.7. The van der Waals surface area contributed by atoms with E-state index in [4.69, 9.17) is 32.6 Å². The lowest BCUT2D eigenvalue weighted by Crippen LogP contribution is -2.42. The third kappa shape index (κ3) is 4.23. The Bertz CT molecular complexity index is 1050. The second-order valence-electron chi connectivity index (χ2n) is 6.57. The molecule has 1 aliphatic rings. The predicted octanol–water partition coefficient (Wildman–Crippen LogP) is 5.52.